The molecular formula is C13H15NO6S. The number of carboxylic acids is 1. The zero-order valence-corrected chi connectivity index (χ0v) is 12.0. The van der Waals surface area contributed by atoms with E-state index >= 15 is 0 Å². The molecule has 7 nitrogen and oxygen atoms in total. The zero-order chi connectivity index (χ0) is 15.6. The number of carboxylic acid groups (broad SMARTS) is 1. The summed E-state index contributed by atoms with van der Waals surface area (Å²) in [7, 11) is -3.14. The van der Waals surface area contributed by atoms with Crippen LogP contribution >= 0.6 is 0 Å². The van der Waals surface area contributed by atoms with Crippen LogP contribution in [0, 0.1) is 0 Å². The number of nitrogens with zero attached hydrogens (tertiary/aromatic N) is 1. The van der Waals surface area contributed by atoms with E-state index in [1.54, 1.807) is 0 Å². The summed E-state index contributed by atoms with van der Waals surface area (Å²) in [6.45, 7) is 3.72. The van der Waals surface area contributed by atoms with E-state index in [1.807, 2.05) is 0 Å². The molecule has 0 aromatic carbocycles. The van der Waals surface area contributed by atoms with Crippen LogP contribution in [0.25, 0.3) is 0 Å². The second-order valence-corrected chi connectivity index (χ2v) is 7.00. The van der Waals surface area contributed by atoms with Crippen LogP contribution in [0.1, 0.15) is 27.5 Å². The Labute approximate surface area is 121 Å². The van der Waals surface area contributed by atoms with Crippen molar-refractivity contribution in [1.29, 1.82) is 0 Å². The maximum Gasteiger partial charge on any atom is 0.371 e. The van der Waals surface area contributed by atoms with E-state index in [4.69, 9.17) is 9.52 Å². The average Bonchev–Trinajstić information content (AvgIpc) is 3.01. The first-order valence-electron chi connectivity index (χ1n) is 6.29. The van der Waals surface area contributed by atoms with Gasteiger partial charge in [-0.15, -0.1) is 6.58 Å². The van der Waals surface area contributed by atoms with Crippen molar-refractivity contribution in [3.05, 3.63) is 36.3 Å². The summed E-state index contributed by atoms with van der Waals surface area (Å²) in [6, 6.07) is 2.01. The minimum absolute atomic E-state index is 0.0388. The van der Waals surface area contributed by atoms with Crippen molar-refractivity contribution in [3.63, 3.8) is 0 Å². The highest BCUT2D eigenvalue weighted by atomic mass is 32.2. The van der Waals surface area contributed by atoms with Gasteiger partial charge in [-0.2, -0.15) is 0 Å². The van der Waals surface area contributed by atoms with E-state index < -0.39 is 27.8 Å². The van der Waals surface area contributed by atoms with Crippen molar-refractivity contribution in [2.24, 2.45) is 0 Å². The third-order valence-corrected chi connectivity index (χ3v) is 5.01. The van der Waals surface area contributed by atoms with E-state index in [0.29, 0.717) is 6.42 Å². The number of amides is 1. The van der Waals surface area contributed by atoms with Gasteiger partial charge in [-0.1, -0.05) is 6.08 Å². The maximum absolute atomic E-state index is 12.4. The maximum atomic E-state index is 12.4. The lowest BCUT2D eigenvalue weighted by Gasteiger charge is -2.26. The van der Waals surface area contributed by atoms with Crippen molar-refractivity contribution in [1.82, 2.24) is 4.90 Å². The van der Waals surface area contributed by atoms with Crippen LogP contribution in [-0.4, -0.2) is 54.4 Å². The number of carbonyl (C=O) groups is 2. The monoisotopic (exact) mass is 313 g/mol. The molecule has 0 saturated carbocycles. The van der Waals surface area contributed by atoms with Crippen molar-refractivity contribution in [2.75, 3.05) is 18.1 Å². The predicted molar refractivity (Wildman–Crippen MR) is 74.0 cm³/mol. The average molecular weight is 313 g/mol. The Morgan fingerprint density at radius 3 is 2.57 bits per heavy atom. The molecule has 0 aliphatic carbocycles. The van der Waals surface area contributed by atoms with Crippen molar-refractivity contribution < 1.29 is 27.5 Å². The molecular weight excluding hydrogens is 298 g/mol. The standard InChI is InChI=1S/C13H15NO6S/c1-2-6-14(9-5-7-21(18,19)8-9)12(15)10-3-4-11(20-10)13(16)17/h2-4,9H,1,5-8H2,(H,16,17)/t9-/m0/s1. The fraction of sp³-hybridized carbons (Fsp3) is 0.385. The summed E-state index contributed by atoms with van der Waals surface area (Å²) in [6.07, 6.45) is 1.85. The molecule has 2 rings (SSSR count). The summed E-state index contributed by atoms with van der Waals surface area (Å²) in [5.74, 6) is -2.33. The first-order valence-corrected chi connectivity index (χ1v) is 8.11. The van der Waals surface area contributed by atoms with E-state index in [1.165, 1.54) is 23.1 Å². The van der Waals surface area contributed by atoms with Gasteiger partial charge in [0.1, 0.15) is 0 Å². The molecule has 1 aromatic rings. The Morgan fingerprint density at radius 1 is 1.43 bits per heavy atom. The minimum Gasteiger partial charge on any atom is -0.475 e. The number of rotatable bonds is 5. The van der Waals surface area contributed by atoms with Gasteiger partial charge in [0.25, 0.3) is 5.91 Å². The highest BCUT2D eigenvalue weighted by Gasteiger charge is 2.35. The van der Waals surface area contributed by atoms with Gasteiger partial charge in [-0.25, -0.2) is 13.2 Å². The van der Waals surface area contributed by atoms with Gasteiger partial charge in [0.15, 0.2) is 15.6 Å². The quantitative estimate of drug-likeness (QED) is 0.806. The van der Waals surface area contributed by atoms with Gasteiger partial charge in [0, 0.05) is 12.6 Å². The van der Waals surface area contributed by atoms with Crippen molar-refractivity contribution >= 4 is 21.7 Å². The smallest absolute Gasteiger partial charge is 0.371 e. The molecule has 0 bridgehead atoms. The van der Waals surface area contributed by atoms with Crippen LogP contribution in [0.15, 0.2) is 29.2 Å². The fourth-order valence-corrected chi connectivity index (χ4v) is 4.00. The predicted octanol–water partition coefficient (Wildman–Crippen LogP) is 0.793. The summed E-state index contributed by atoms with van der Waals surface area (Å²) in [4.78, 5) is 24.5. The molecule has 1 aromatic heterocycles. The molecule has 0 spiro atoms. The van der Waals surface area contributed by atoms with Crippen LogP contribution in [0.2, 0.25) is 0 Å². The molecule has 1 atom stereocenters. The fourth-order valence-electron chi connectivity index (χ4n) is 2.27. The van der Waals surface area contributed by atoms with Gasteiger partial charge in [-0.05, 0) is 18.6 Å². The van der Waals surface area contributed by atoms with Crippen LogP contribution in [0.4, 0.5) is 0 Å². The van der Waals surface area contributed by atoms with Gasteiger partial charge < -0.3 is 14.4 Å². The number of sulfone groups is 1. The summed E-state index contributed by atoms with van der Waals surface area (Å²) in [5.41, 5.74) is 0. The largest absolute Gasteiger partial charge is 0.475 e. The molecule has 1 saturated heterocycles. The SMILES string of the molecule is C=CCN(C(=O)c1ccc(C(=O)O)o1)[C@H]1CCS(=O)(=O)C1. The zero-order valence-electron chi connectivity index (χ0n) is 11.2. The lowest BCUT2D eigenvalue weighted by molar-refractivity contribution is 0.0641. The first kappa shape index (κ1) is 15.3. The van der Waals surface area contributed by atoms with Crippen LogP contribution in [0.5, 0.6) is 0 Å². The van der Waals surface area contributed by atoms with E-state index in [0.717, 1.165) is 0 Å². The summed E-state index contributed by atoms with van der Waals surface area (Å²) < 4.78 is 28.0. The van der Waals surface area contributed by atoms with E-state index in [2.05, 4.69) is 6.58 Å². The van der Waals surface area contributed by atoms with E-state index in [-0.39, 0.29) is 29.6 Å². The Bertz CT molecular complexity index is 675. The number of carbonyl (C=O) groups excluding carboxylic acids is 1. The highest BCUT2D eigenvalue weighted by molar-refractivity contribution is 7.91. The lowest BCUT2D eigenvalue weighted by Crippen LogP contribution is -2.41. The molecule has 1 fully saturated rings. The Hall–Kier alpha value is -2.09. The molecule has 1 aliphatic rings. The number of hydrogen-bond acceptors (Lipinski definition) is 5. The van der Waals surface area contributed by atoms with Crippen molar-refractivity contribution in [3.8, 4) is 0 Å². The molecule has 1 N–H and O–H groups in total. The first-order chi connectivity index (χ1) is 9.84. The number of hydrogen-bond donors (Lipinski definition) is 1. The minimum atomic E-state index is -3.14. The Kier molecular flexibility index (Phi) is 4.17. The number of aromatic carboxylic acids is 1. The second kappa shape index (κ2) is 5.72. The second-order valence-electron chi connectivity index (χ2n) is 4.77. The van der Waals surface area contributed by atoms with Gasteiger partial charge >= 0.3 is 5.97 Å². The van der Waals surface area contributed by atoms with Gasteiger partial charge in [0.2, 0.25) is 5.76 Å². The summed E-state index contributed by atoms with van der Waals surface area (Å²) >= 11 is 0. The van der Waals surface area contributed by atoms with Crippen LogP contribution in [0.3, 0.4) is 0 Å². The topological polar surface area (TPSA) is 105 Å². The van der Waals surface area contributed by atoms with Gasteiger partial charge in [0.05, 0.1) is 11.5 Å². The molecule has 114 valence electrons. The molecule has 1 amide bonds. The lowest BCUT2D eigenvalue weighted by atomic mass is 10.2. The molecule has 0 unspecified atom stereocenters. The van der Waals surface area contributed by atoms with Gasteiger partial charge in [-0.3, -0.25) is 4.79 Å². The van der Waals surface area contributed by atoms with Crippen LogP contribution < -0.4 is 0 Å². The highest BCUT2D eigenvalue weighted by Crippen LogP contribution is 2.21. The van der Waals surface area contributed by atoms with Crippen molar-refractivity contribution in [2.45, 2.75) is 12.5 Å². The molecule has 0 radical (unpaired) electrons. The normalized spacial score (nSPS) is 20.1. The van der Waals surface area contributed by atoms with Crippen LogP contribution in [-0.2, 0) is 9.84 Å². The Balaban J connectivity index is 2.23. The molecule has 1 aliphatic heterocycles. The Morgan fingerprint density at radius 2 is 2.10 bits per heavy atom. The van der Waals surface area contributed by atoms with E-state index in [9.17, 15) is 18.0 Å². The molecule has 21 heavy (non-hydrogen) atoms. The third kappa shape index (κ3) is 3.33. The number of furan rings is 1. The summed E-state index contributed by atoms with van der Waals surface area (Å²) in [5, 5.41) is 8.79. The third-order valence-electron chi connectivity index (χ3n) is 3.26. The molecule has 2 heterocycles. The molecule has 8 heteroatoms.